The number of aliphatic hydroxyl groups is 2. The van der Waals surface area contributed by atoms with E-state index in [4.69, 9.17) is 5.11 Å². The number of thiazole rings is 1. The Morgan fingerprint density at radius 1 is 1.17 bits per heavy atom. The molecule has 1 atom stereocenters. The van der Waals surface area contributed by atoms with Gasteiger partial charge in [0.1, 0.15) is 5.01 Å². The van der Waals surface area contributed by atoms with Gasteiger partial charge in [0.25, 0.3) is 0 Å². The van der Waals surface area contributed by atoms with Gasteiger partial charge in [0, 0.05) is 41.1 Å². The Labute approximate surface area is 138 Å². The van der Waals surface area contributed by atoms with Crippen LogP contribution >= 0.6 is 11.3 Å². The van der Waals surface area contributed by atoms with Gasteiger partial charge in [-0.25, -0.2) is 4.98 Å². The van der Waals surface area contributed by atoms with Gasteiger partial charge >= 0.3 is 0 Å². The second-order valence-corrected chi connectivity index (χ2v) is 5.94. The zero-order valence-electron chi connectivity index (χ0n) is 12.4. The Morgan fingerprint density at radius 3 is 2.83 bits per heavy atom. The molecule has 1 unspecified atom stereocenters. The van der Waals surface area contributed by atoms with Gasteiger partial charge in [0.05, 0.1) is 18.4 Å². The number of anilines is 1. The smallest absolute Gasteiger partial charge is 0.125 e. The third kappa shape index (κ3) is 3.92. The number of nitrogens with one attached hydrogen (secondary N) is 1. The molecule has 5 nitrogen and oxygen atoms in total. The van der Waals surface area contributed by atoms with Crippen molar-refractivity contribution in [2.75, 3.05) is 18.5 Å². The highest BCUT2D eigenvalue weighted by atomic mass is 32.1. The molecule has 0 spiro atoms. The third-order valence-corrected chi connectivity index (χ3v) is 4.21. The van der Waals surface area contributed by atoms with Crippen molar-refractivity contribution >= 4 is 17.0 Å². The van der Waals surface area contributed by atoms with Gasteiger partial charge in [-0.3, -0.25) is 4.98 Å². The van der Waals surface area contributed by atoms with Crippen LogP contribution < -0.4 is 5.32 Å². The number of rotatable bonds is 6. The highest BCUT2D eigenvalue weighted by Crippen LogP contribution is 2.29. The molecule has 3 aromatic rings. The number of hydrogen-bond acceptors (Lipinski definition) is 6. The quantitative estimate of drug-likeness (QED) is 0.649. The van der Waals surface area contributed by atoms with Gasteiger partial charge in [0.2, 0.25) is 0 Å². The second kappa shape index (κ2) is 7.32. The van der Waals surface area contributed by atoms with Crippen LogP contribution in [0.2, 0.25) is 0 Å². The molecule has 0 saturated carbocycles. The van der Waals surface area contributed by atoms with E-state index < -0.39 is 6.10 Å². The number of nitrogens with zero attached hydrogens (tertiary/aromatic N) is 2. The Hall–Kier alpha value is -2.28. The van der Waals surface area contributed by atoms with E-state index in [1.165, 1.54) is 0 Å². The highest BCUT2D eigenvalue weighted by Gasteiger charge is 2.08. The molecule has 0 bridgehead atoms. The molecule has 0 saturated heterocycles. The maximum atomic E-state index is 9.41. The SMILES string of the molecule is OCC(O)CNc1cccc(-c2csc(-c3cccnc3)n2)c1. The third-order valence-electron chi connectivity index (χ3n) is 3.32. The lowest BCUT2D eigenvalue weighted by molar-refractivity contribution is 0.105. The van der Waals surface area contributed by atoms with Gasteiger partial charge in [0.15, 0.2) is 0 Å². The number of benzene rings is 1. The van der Waals surface area contributed by atoms with Crippen molar-refractivity contribution < 1.29 is 10.2 Å². The summed E-state index contributed by atoms with van der Waals surface area (Å²) < 4.78 is 0. The molecule has 1 aromatic carbocycles. The van der Waals surface area contributed by atoms with E-state index in [0.717, 1.165) is 27.5 Å². The molecule has 0 aliphatic rings. The summed E-state index contributed by atoms with van der Waals surface area (Å²) >= 11 is 1.58. The summed E-state index contributed by atoms with van der Waals surface area (Å²) in [5.74, 6) is 0. The largest absolute Gasteiger partial charge is 0.394 e. The number of hydrogen-bond donors (Lipinski definition) is 3. The number of aliphatic hydroxyl groups excluding tert-OH is 2. The average molecular weight is 327 g/mol. The molecule has 0 amide bonds. The molecule has 0 aliphatic carbocycles. The molecule has 118 valence electrons. The normalized spacial score (nSPS) is 12.1. The Balaban J connectivity index is 1.78. The molecule has 0 aliphatic heterocycles. The van der Waals surface area contributed by atoms with E-state index in [9.17, 15) is 5.11 Å². The van der Waals surface area contributed by atoms with E-state index in [2.05, 4.69) is 15.3 Å². The molecule has 0 fully saturated rings. The lowest BCUT2D eigenvalue weighted by Gasteiger charge is -2.10. The Kier molecular flexibility index (Phi) is 4.97. The van der Waals surface area contributed by atoms with Crippen molar-refractivity contribution in [3.63, 3.8) is 0 Å². The summed E-state index contributed by atoms with van der Waals surface area (Å²) in [5.41, 5.74) is 3.79. The van der Waals surface area contributed by atoms with Crippen molar-refractivity contribution in [2.24, 2.45) is 0 Å². The van der Waals surface area contributed by atoms with Crippen LogP contribution in [0.25, 0.3) is 21.8 Å². The summed E-state index contributed by atoms with van der Waals surface area (Å²) in [6, 6.07) is 11.7. The fourth-order valence-electron chi connectivity index (χ4n) is 2.12. The molecule has 2 heterocycles. The first kappa shape index (κ1) is 15.6. The monoisotopic (exact) mass is 327 g/mol. The zero-order chi connectivity index (χ0) is 16.1. The van der Waals surface area contributed by atoms with Crippen LogP contribution in [0.5, 0.6) is 0 Å². The van der Waals surface area contributed by atoms with Crippen LogP contribution in [0.4, 0.5) is 5.69 Å². The molecule has 6 heteroatoms. The molecule has 2 aromatic heterocycles. The van der Waals surface area contributed by atoms with E-state index in [-0.39, 0.29) is 6.61 Å². The first-order chi connectivity index (χ1) is 11.3. The minimum atomic E-state index is -0.768. The minimum absolute atomic E-state index is 0.257. The summed E-state index contributed by atoms with van der Waals surface area (Å²) in [6.45, 7) is 0.0468. The highest BCUT2D eigenvalue weighted by molar-refractivity contribution is 7.13. The van der Waals surface area contributed by atoms with Gasteiger partial charge in [-0.15, -0.1) is 11.3 Å². The van der Waals surface area contributed by atoms with Gasteiger partial charge in [-0.2, -0.15) is 0 Å². The summed E-state index contributed by atoms with van der Waals surface area (Å²) in [6.07, 6.45) is 2.78. The van der Waals surface area contributed by atoms with E-state index in [1.54, 1.807) is 23.7 Å². The molecule has 3 N–H and O–H groups in total. The maximum absolute atomic E-state index is 9.41. The van der Waals surface area contributed by atoms with E-state index in [0.29, 0.717) is 6.54 Å². The maximum Gasteiger partial charge on any atom is 0.125 e. The standard InChI is InChI=1S/C17H17N3O2S/c21-10-15(22)9-19-14-5-1-3-12(7-14)16-11-23-17(20-16)13-4-2-6-18-8-13/h1-8,11,15,19,21-22H,9-10H2. The van der Waals surface area contributed by atoms with Crippen LogP contribution in [0.1, 0.15) is 0 Å². The van der Waals surface area contributed by atoms with Crippen LogP contribution in [0.3, 0.4) is 0 Å². The lowest BCUT2D eigenvalue weighted by Crippen LogP contribution is -2.22. The number of pyridine rings is 1. The molecule has 23 heavy (non-hydrogen) atoms. The fourth-order valence-corrected chi connectivity index (χ4v) is 2.94. The zero-order valence-corrected chi connectivity index (χ0v) is 13.2. The van der Waals surface area contributed by atoms with Gasteiger partial charge < -0.3 is 15.5 Å². The molecular weight excluding hydrogens is 310 g/mol. The van der Waals surface area contributed by atoms with Crippen molar-refractivity contribution in [1.82, 2.24) is 9.97 Å². The van der Waals surface area contributed by atoms with Crippen LogP contribution in [-0.2, 0) is 0 Å². The first-order valence-electron chi connectivity index (χ1n) is 7.25. The van der Waals surface area contributed by atoms with Crippen LogP contribution in [-0.4, -0.2) is 39.4 Å². The summed E-state index contributed by atoms with van der Waals surface area (Å²) in [4.78, 5) is 8.78. The van der Waals surface area contributed by atoms with Crippen LogP contribution in [0.15, 0.2) is 54.2 Å². The van der Waals surface area contributed by atoms with E-state index in [1.807, 2.05) is 41.8 Å². The predicted octanol–water partition coefficient (Wildman–Crippen LogP) is 2.64. The van der Waals surface area contributed by atoms with Crippen molar-refractivity contribution in [2.45, 2.75) is 6.10 Å². The predicted molar refractivity (Wildman–Crippen MR) is 92.4 cm³/mol. The van der Waals surface area contributed by atoms with Crippen molar-refractivity contribution in [1.29, 1.82) is 0 Å². The Morgan fingerprint density at radius 2 is 2.04 bits per heavy atom. The summed E-state index contributed by atoms with van der Waals surface area (Å²) in [7, 11) is 0. The molecule has 3 rings (SSSR count). The van der Waals surface area contributed by atoms with Gasteiger partial charge in [-0.05, 0) is 24.3 Å². The summed E-state index contributed by atoms with van der Waals surface area (Å²) in [5, 5.41) is 24.3. The topological polar surface area (TPSA) is 78.3 Å². The lowest BCUT2D eigenvalue weighted by atomic mass is 10.1. The molecular formula is C17H17N3O2S. The van der Waals surface area contributed by atoms with E-state index >= 15 is 0 Å². The number of aromatic nitrogens is 2. The minimum Gasteiger partial charge on any atom is -0.394 e. The fraction of sp³-hybridized carbons (Fsp3) is 0.176. The first-order valence-corrected chi connectivity index (χ1v) is 8.13. The van der Waals surface area contributed by atoms with Crippen molar-refractivity contribution in [3.05, 3.63) is 54.2 Å². The average Bonchev–Trinajstić information content (AvgIpc) is 3.11. The Bertz CT molecular complexity index is 761. The van der Waals surface area contributed by atoms with Gasteiger partial charge in [-0.1, -0.05) is 12.1 Å². The van der Waals surface area contributed by atoms with Crippen LogP contribution in [0, 0.1) is 0 Å². The second-order valence-electron chi connectivity index (χ2n) is 5.08. The molecule has 0 radical (unpaired) electrons. The van der Waals surface area contributed by atoms with Crippen molar-refractivity contribution in [3.8, 4) is 21.8 Å².